The smallest absolute Gasteiger partial charge is 0.235 e. The second kappa shape index (κ2) is 8.73. The largest absolute Gasteiger partial charge is 0.464 e. The normalized spacial score (nSPS) is 24.8. The number of amidine groups is 1. The minimum Gasteiger partial charge on any atom is -0.464 e. The average Bonchev–Trinajstić information content (AvgIpc) is 3.37. The quantitative estimate of drug-likeness (QED) is 0.378. The molecule has 2 aliphatic rings. The number of nitrogens with two attached hydrogens (primary N) is 1. The van der Waals surface area contributed by atoms with E-state index >= 15 is 4.39 Å². The van der Waals surface area contributed by atoms with Crippen LogP contribution in [0.1, 0.15) is 49.1 Å². The Bertz CT molecular complexity index is 1640. The third kappa shape index (κ3) is 3.94. The number of fused-ring (bicyclic) bond motifs is 2. The van der Waals surface area contributed by atoms with Crippen LogP contribution in [0.4, 0.5) is 8.78 Å². The Hall–Kier alpha value is -4.11. The summed E-state index contributed by atoms with van der Waals surface area (Å²) in [4.78, 5) is 22.0. The van der Waals surface area contributed by atoms with Crippen molar-refractivity contribution in [2.45, 2.75) is 43.1 Å². The van der Waals surface area contributed by atoms with E-state index in [4.69, 9.17) is 14.9 Å². The number of benzene rings is 1. The molecule has 4 aromatic rings. The van der Waals surface area contributed by atoms with E-state index in [2.05, 4.69) is 31.0 Å². The number of rotatable bonds is 6. The van der Waals surface area contributed by atoms with Crippen molar-refractivity contribution in [1.82, 2.24) is 19.9 Å². The standard InChI is InChI=1S/C26H21F2N7O2S/c1-13(23-32-5-6-36-23)37-20-11-33-22-17(34-20)3-4-31-18(22)9-14-7-15(21(28)16(27)8-14)25(2)19-10-26(19,12-29)38-24(30)35-25/h3-8,11,13,19H,9-10H2,1-2H3,(H2,30,35)/t13-,19-,25+,26+/m0/s1. The van der Waals surface area contributed by atoms with Gasteiger partial charge >= 0.3 is 0 Å². The minimum absolute atomic E-state index is 0.0698. The number of oxazole rings is 1. The van der Waals surface area contributed by atoms with Crippen LogP contribution >= 0.6 is 11.8 Å². The van der Waals surface area contributed by atoms with Crippen molar-refractivity contribution in [2.24, 2.45) is 16.6 Å². The molecule has 1 aliphatic heterocycles. The topological polar surface area (TPSA) is 136 Å². The molecule has 0 spiro atoms. The van der Waals surface area contributed by atoms with Crippen LogP contribution in [-0.2, 0) is 12.0 Å². The molecule has 9 nitrogen and oxygen atoms in total. The lowest BCUT2D eigenvalue weighted by Gasteiger charge is -2.32. The lowest BCUT2D eigenvalue weighted by atomic mass is 9.84. The first-order chi connectivity index (χ1) is 18.2. The predicted octanol–water partition coefficient (Wildman–Crippen LogP) is 4.58. The maximum Gasteiger partial charge on any atom is 0.235 e. The van der Waals surface area contributed by atoms with Crippen LogP contribution in [0.15, 0.2) is 52.5 Å². The number of hydrogen-bond donors (Lipinski definition) is 1. The highest BCUT2D eigenvalue weighted by molar-refractivity contribution is 8.15. The molecule has 1 aromatic carbocycles. The lowest BCUT2D eigenvalue weighted by molar-refractivity contribution is 0.181. The Balaban J connectivity index is 1.33. The summed E-state index contributed by atoms with van der Waals surface area (Å²) in [5, 5.41) is 9.88. The van der Waals surface area contributed by atoms with Crippen molar-refractivity contribution >= 4 is 28.0 Å². The van der Waals surface area contributed by atoms with Crippen molar-refractivity contribution in [1.29, 1.82) is 5.26 Å². The van der Waals surface area contributed by atoms with Crippen LogP contribution in [0.3, 0.4) is 0 Å². The average molecular weight is 534 g/mol. The molecule has 0 bridgehead atoms. The first-order valence-electron chi connectivity index (χ1n) is 11.8. The summed E-state index contributed by atoms with van der Waals surface area (Å²) in [5.41, 5.74) is 6.96. The molecule has 12 heteroatoms. The molecule has 0 radical (unpaired) electrons. The number of aromatic nitrogens is 4. The Morgan fingerprint density at radius 1 is 1.29 bits per heavy atom. The van der Waals surface area contributed by atoms with Gasteiger partial charge in [-0.1, -0.05) is 11.8 Å². The Morgan fingerprint density at radius 3 is 2.89 bits per heavy atom. The third-order valence-electron chi connectivity index (χ3n) is 7.02. The predicted molar refractivity (Wildman–Crippen MR) is 135 cm³/mol. The number of thioether (sulfide) groups is 1. The fourth-order valence-corrected chi connectivity index (χ4v) is 6.34. The summed E-state index contributed by atoms with van der Waals surface area (Å²) in [6, 6.07) is 6.69. The molecule has 0 unspecified atom stereocenters. The van der Waals surface area contributed by atoms with E-state index in [0.717, 1.165) is 6.07 Å². The summed E-state index contributed by atoms with van der Waals surface area (Å²) in [5.74, 6) is -1.59. The van der Waals surface area contributed by atoms with Gasteiger partial charge < -0.3 is 14.9 Å². The molecule has 1 saturated carbocycles. The third-order valence-corrected chi connectivity index (χ3v) is 8.23. The highest BCUT2D eigenvalue weighted by atomic mass is 32.2. The number of pyridine rings is 1. The maximum absolute atomic E-state index is 15.2. The number of nitriles is 1. The fourth-order valence-electron chi connectivity index (χ4n) is 5.07. The van der Waals surface area contributed by atoms with E-state index in [1.54, 1.807) is 32.2 Å². The highest BCUT2D eigenvalue weighted by Crippen LogP contribution is 2.65. The second-order valence-electron chi connectivity index (χ2n) is 9.54. The van der Waals surface area contributed by atoms with E-state index < -0.39 is 28.0 Å². The van der Waals surface area contributed by atoms with Gasteiger partial charge in [-0.2, -0.15) is 5.26 Å². The molecule has 38 heavy (non-hydrogen) atoms. The zero-order valence-corrected chi connectivity index (χ0v) is 21.2. The first-order valence-corrected chi connectivity index (χ1v) is 12.6. The Kier molecular flexibility index (Phi) is 5.57. The van der Waals surface area contributed by atoms with Crippen LogP contribution in [-0.4, -0.2) is 29.9 Å². The van der Waals surface area contributed by atoms with E-state index in [1.807, 2.05) is 0 Å². The van der Waals surface area contributed by atoms with Gasteiger partial charge in [0.15, 0.2) is 22.9 Å². The molecule has 1 fully saturated rings. The molecule has 6 rings (SSSR count). The zero-order valence-electron chi connectivity index (χ0n) is 20.4. The number of halogens is 2. The van der Waals surface area contributed by atoms with Crippen molar-refractivity contribution < 1.29 is 17.9 Å². The highest BCUT2D eigenvalue weighted by Gasteiger charge is 2.67. The molecule has 0 amide bonds. The molecular formula is C26H21F2N7O2S. The van der Waals surface area contributed by atoms with Gasteiger partial charge in [0.05, 0.1) is 35.2 Å². The van der Waals surface area contributed by atoms with Crippen molar-refractivity contribution in [3.63, 3.8) is 0 Å². The summed E-state index contributed by atoms with van der Waals surface area (Å²) in [6.07, 6.45) is 6.23. The molecule has 1 aliphatic carbocycles. The van der Waals surface area contributed by atoms with Gasteiger partial charge in [-0.25, -0.2) is 23.7 Å². The van der Waals surface area contributed by atoms with Gasteiger partial charge in [0.2, 0.25) is 11.8 Å². The molecular weight excluding hydrogens is 512 g/mol. The number of aliphatic imine (C=N–C) groups is 1. The summed E-state index contributed by atoms with van der Waals surface area (Å²) in [6.45, 7) is 3.48. The summed E-state index contributed by atoms with van der Waals surface area (Å²) in [7, 11) is 0. The van der Waals surface area contributed by atoms with Crippen molar-refractivity contribution in [2.75, 3.05) is 0 Å². The van der Waals surface area contributed by atoms with Crippen molar-refractivity contribution in [3.8, 4) is 11.9 Å². The van der Waals surface area contributed by atoms with Crippen molar-refractivity contribution in [3.05, 3.63) is 77.4 Å². The Labute approximate surface area is 220 Å². The van der Waals surface area contributed by atoms with Crippen LogP contribution < -0.4 is 10.5 Å². The van der Waals surface area contributed by atoms with Gasteiger partial charge in [0.1, 0.15) is 16.5 Å². The van der Waals surface area contributed by atoms with Crippen LogP contribution in [0, 0.1) is 28.9 Å². The minimum atomic E-state index is -1.16. The Morgan fingerprint density at radius 2 is 2.13 bits per heavy atom. The summed E-state index contributed by atoms with van der Waals surface area (Å²) < 4.78 is 40.3. The second-order valence-corrected chi connectivity index (χ2v) is 10.9. The van der Waals surface area contributed by atoms with Gasteiger partial charge in [-0.3, -0.25) is 9.98 Å². The van der Waals surface area contributed by atoms with Gasteiger partial charge in [0.25, 0.3) is 0 Å². The number of hydrogen-bond acceptors (Lipinski definition) is 10. The van der Waals surface area contributed by atoms with E-state index in [9.17, 15) is 9.65 Å². The van der Waals surface area contributed by atoms with Crippen LogP contribution in [0.2, 0.25) is 0 Å². The molecule has 4 atom stereocenters. The molecule has 0 saturated heterocycles. The molecule has 2 N–H and O–H groups in total. The van der Waals surface area contributed by atoms with Crippen LogP contribution in [0.25, 0.3) is 11.0 Å². The fraction of sp³-hybridized carbons (Fsp3) is 0.308. The first kappa shape index (κ1) is 24.2. The number of ether oxygens (including phenoxy) is 1. The lowest BCUT2D eigenvalue weighted by Crippen LogP contribution is -2.35. The molecule has 4 heterocycles. The summed E-state index contributed by atoms with van der Waals surface area (Å²) >= 11 is 1.19. The van der Waals surface area contributed by atoms with Gasteiger partial charge in [-0.15, -0.1) is 0 Å². The SMILES string of the molecule is C[C@H](Oc1cnc2c(Cc3cc(F)c(F)c([C@@]4(C)N=C(N)S[C@@]5(C#N)C[C@H]54)c3)nccc2n1)c1ncco1. The van der Waals surface area contributed by atoms with Gasteiger partial charge in [0, 0.05) is 24.1 Å². The monoisotopic (exact) mass is 533 g/mol. The van der Waals surface area contributed by atoms with Gasteiger partial charge in [-0.05, 0) is 44.0 Å². The molecule has 192 valence electrons. The zero-order chi connectivity index (χ0) is 26.7. The molecule has 3 aromatic heterocycles. The number of nitrogens with zero attached hydrogens (tertiary/aromatic N) is 6. The van der Waals surface area contributed by atoms with E-state index in [1.165, 1.54) is 30.4 Å². The van der Waals surface area contributed by atoms with Crippen LogP contribution in [0.5, 0.6) is 5.88 Å². The van der Waals surface area contributed by atoms with E-state index in [-0.39, 0.29) is 28.9 Å². The van der Waals surface area contributed by atoms with E-state index in [0.29, 0.717) is 34.6 Å². The maximum atomic E-state index is 15.2.